The van der Waals surface area contributed by atoms with Gasteiger partial charge in [0.05, 0.1) is 17.3 Å². The van der Waals surface area contributed by atoms with E-state index >= 15 is 0 Å². The second-order valence-electron chi connectivity index (χ2n) is 5.09. The zero-order valence-electron chi connectivity index (χ0n) is 13.3. The van der Waals surface area contributed by atoms with Crippen LogP contribution in [0.1, 0.15) is 23.0 Å². The zero-order chi connectivity index (χ0) is 17.8. The van der Waals surface area contributed by atoms with Crippen LogP contribution in [0.3, 0.4) is 0 Å². The standard InChI is InChI=1S/C18H14Br2N2O3/c1-2-24-15-6-4-3-5-11(15)10-21-22-18(23)16-8-12-7-13(19)9-14(20)17(12)25-16/h3-10H,2H2,1H3,(H,22,23)/b21-10-. The molecular formula is C18H14Br2N2O3. The van der Waals surface area contributed by atoms with Gasteiger partial charge in [0.2, 0.25) is 0 Å². The molecule has 0 saturated carbocycles. The fourth-order valence-corrected chi connectivity index (χ4v) is 3.62. The third-order valence-electron chi connectivity index (χ3n) is 3.35. The molecule has 0 spiro atoms. The van der Waals surface area contributed by atoms with E-state index in [0.717, 1.165) is 19.9 Å². The first-order chi connectivity index (χ1) is 12.1. The summed E-state index contributed by atoms with van der Waals surface area (Å²) in [5.74, 6) is 0.467. The van der Waals surface area contributed by atoms with Gasteiger partial charge in [0.25, 0.3) is 0 Å². The van der Waals surface area contributed by atoms with E-state index in [2.05, 4.69) is 42.4 Å². The van der Waals surface area contributed by atoms with Crippen molar-refractivity contribution in [2.24, 2.45) is 5.10 Å². The van der Waals surface area contributed by atoms with Crippen LogP contribution in [-0.4, -0.2) is 18.7 Å². The number of benzene rings is 2. The van der Waals surface area contributed by atoms with Crippen molar-refractivity contribution >= 4 is 55.0 Å². The monoisotopic (exact) mass is 464 g/mol. The summed E-state index contributed by atoms with van der Waals surface area (Å²) in [5, 5.41) is 4.80. The molecule has 0 unspecified atom stereocenters. The Balaban J connectivity index is 1.76. The van der Waals surface area contributed by atoms with Crippen molar-refractivity contribution in [3.05, 3.63) is 62.7 Å². The van der Waals surface area contributed by atoms with Gasteiger partial charge in [0.1, 0.15) is 11.3 Å². The van der Waals surface area contributed by atoms with Gasteiger partial charge in [-0.2, -0.15) is 5.10 Å². The van der Waals surface area contributed by atoms with E-state index in [4.69, 9.17) is 9.15 Å². The molecule has 1 amide bonds. The molecule has 0 saturated heterocycles. The van der Waals surface area contributed by atoms with Crippen molar-refractivity contribution in [2.75, 3.05) is 6.61 Å². The molecule has 7 heteroatoms. The van der Waals surface area contributed by atoms with E-state index in [0.29, 0.717) is 17.9 Å². The second-order valence-corrected chi connectivity index (χ2v) is 6.86. The highest BCUT2D eigenvalue weighted by molar-refractivity contribution is 9.11. The van der Waals surface area contributed by atoms with Crippen LogP contribution < -0.4 is 10.2 Å². The Hall–Kier alpha value is -2.12. The van der Waals surface area contributed by atoms with Gasteiger partial charge in [0.15, 0.2) is 5.76 Å². The molecule has 1 N–H and O–H groups in total. The van der Waals surface area contributed by atoms with Crippen molar-refractivity contribution in [3.8, 4) is 5.75 Å². The molecular weight excluding hydrogens is 452 g/mol. The number of hydrazone groups is 1. The lowest BCUT2D eigenvalue weighted by atomic mass is 10.2. The SMILES string of the molecule is CCOc1ccccc1/C=N\NC(=O)c1cc2cc(Br)cc(Br)c2o1. The number of amides is 1. The number of furan rings is 1. The van der Waals surface area contributed by atoms with Crippen molar-refractivity contribution in [2.45, 2.75) is 6.92 Å². The molecule has 1 heterocycles. The minimum atomic E-state index is -0.427. The molecule has 0 aliphatic rings. The van der Waals surface area contributed by atoms with E-state index in [1.807, 2.05) is 43.3 Å². The highest BCUT2D eigenvalue weighted by Crippen LogP contribution is 2.30. The van der Waals surface area contributed by atoms with Crippen molar-refractivity contribution in [3.63, 3.8) is 0 Å². The molecule has 0 aliphatic carbocycles. The van der Waals surface area contributed by atoms with Crippen molar-refractivity contribution in [1.29, 1.82) is 0 Å². The summed E-state index contributed by atoms with van der Waals surface area (Å²) in [4.78, 5) is 12.2. The van der Waals surface area contributed by atoms with Crippen LogP contribution in [0.15, 0.2) is 60.9 Å². The van der Waals surface area contributed by atoms with Gasteiger partial charge >= 0.3 is 5.91 Å². The number of ether oxygens (including phenoxy) is 1. The largest absolute Gasteiger partial charge is 0.493 e. The van der Waals surface area contributed by atoms with Crippen LogP contribution in [0.25, 0.3) is 11.0 Å². The van der Waals surface area contributed by atoms with E-state index in [1.165, 1.54) is 6.21 Å². The number of hydrogen-bond donors (Lipinski definition) is 1. The minimum absolute atomic E-state index is 0.184. The Morgan fingerprint density at radius 1 is 1.28 bits per heavy atom. The Morgan fingerprint density at radius 2 is 2.08 bits per heavy atom. The maximum atomic E-state index is 12.2. The highest BCUT2D eigenvalue weighted by atomic mass is 79.9. The quantitative estimate of drug-likeness (QED) is 0.420. The molecule has 3 rings (SSSR count). The van der Waals surface area contributed by atoms with Crippen LogP contribution in [0, 0.1) is 0 Å². The third-order valence-corrected chi connectivity index (χ3v) is 4.39. The van der Waals surface area contributed by atoms with Gasteiger partial charge in [-0.15, -0.1) is 0 Å². The molecule has 0 radical (unpaired) electrons. The topological polar surface area (TPSA) is 63.8 Å². The molecule has 0 aliphatic heterocycles. The Bertz CT molecular complexity index is 951. The van der Waals surface area contributed by atoms with Gasteiger partial charge in [-0.05, 0) is 53.2 Å². The first-order valence-corrected chi connectivity index (χ1v) is 9.11. The van der Waals surface area contributed by atoms with E-state index in [9.17, 15) is 4.79 Å². The Kier molecular flexibility index (Phi) is 5.55. The van der Waals surface area contributed by atoms with Crippen molar-refractivity contribution in [1.82, 2.24) is 5.43 Å². The molecule has 2 aromatic carbocycles. The zero-order valence-corrected chi connectivity index (χ0v) is 16.4. The fraction of sp³-hybridized carbons (Fsp3) is 0.111. The molecule has 1 aromatic heterocycles. The van der Waals surface area contributed by atoms with Crippen molar-refractivity contribution < 1.29 is 13.9 Å². The van der Waals surface area contributed by atoms with Crippen LogP contribution >= 0.6 is 31.9 Å². The van der Waals surface area contributed by atoms with Gasteiger partial charge in [-0.1, -0.05) is 28.1 Å². The van der Waals surface area contributed by atoms with Crippen LogP contribution in [0.2, 0.25) is 0 Å². The molecule has 0 bridgehead atoms. The summed E-state index contributed by atoms with van der Waals surface area (Å²) in [6.07, 6.45) is 1.54. The summed E-state index contributed by atoms with van der Waals surface area (Å²) < 4.78 is 12.8. The number of nitrogens with zero attached hydrogens (tertiary/aromatic N) is 1. The predicted molar refractivity (Wildman–Crippen MR) is 104 cm³/mol. The first kappa shape index (κ1) is 17.7. The maximum absolute atomic E-state index is 12.2. The average Bonchev–Trinajstić information content (AvgIpc) is 3.01. The average molecular weight is 466 g/mol. The van der Waals surface area contributed by atoms with Crippen LogP contribution in [0.4, 0.5) is 0 Å². The van der Waals surface area contributed by atoms with Gasteiger partial charge < -0.3 is 9.15 Å². The van der Waals surface area contributed by atoms with Gasteiger partial charge in [-0.25, -0.2) is 5.43 Å². The normalized spacial score (nSPS) is 11.2. The number of hydrogen-bond acceptors (Lipinski definition) is 4. The number of para-hydroxylation sites is 1. The highest BCUT2D eigenvalue weighted by Gasteiger charge is 2.14. The number of carbonyl (C=O) groups is 1. The van der Waals surface area contributed by atoms with Gasteiger partial charge in [0, 0.05) is 15.4 Å². The van der Waals surface area contributed by atoms with Gasteiger partial charge in [-0.3, -0.25) is 4.79 Å². The van der Waals surface area contributed by atoms with Crippen LogP contribution in [-0.2, 0) is 0 Å². The molecule has 5 nitrogen and oxygen atoms in total. The summed E-state index contributed by atoms with van der Waals surface area (Å²) in [6.45, 7) is 2.47. The number of rotatable bonds is 5. The third kappa shape index (κ3) is 4.11. The minimum Gasteiger partial charge on any atom is -0.493 e. The van der Waals surface area contributed by atoms with E-state index < -0.39 is 5.91 Å². The number of carbonyl (C=O) groups excluding carboxylic acids is 1. The second kappa shape index (κ2) is 7.84. The maximum Gasteiger partial charge on any atom is 0.307 e. The number of nitrogens with one attached hydrogen (secondary N) is 1. The molecule has 25 heavy (non-hydrogen) atoms. The summed E-state index contributed by atoms with van der Waals surface area (Å²) >= 11 is 6.83. The first-order valence-electron chi connectivity index (χ1n) is 7.52. The lowest BCUT2D eigenvalue weighted by Gasteiger charge is -2.05. The van der Waals surface area contributed by atoms with E-state index in [1.54, 1.807) is 6.07 Å². The fourth-order valence-electron chi connectivity index (χ4n) is 2.28. The molecule has 0 atom stereocenters. The summed E-state index contributed by atoms with van der Waals surface area (Å²) in [6, 6.07) is 12.9. The van der Waals surface area contributed by atoms with E-state index in [-0.39, 0.29) is 5.76 Å². The summed E-state index contributed by atoms with van der Waals surface area (Å²) in [7, 11) is 0. The lowest BCUT2D eigenvalue weighted by Crippen LogP contribution is -2.16. The predicted octanol–water partition coefficient (Wildman–Crippen LogP) is 5.12. The Morgan fingerprint density at radius 3 is 2.88 bits per heavy atom. The Labute approximate surface area is 161 Å². The van der Waals surface area contributed by atoms with Crippen LogP contribution in [0.5, 0.6) is 5.75 Å². The summed E-state index contributed by atoms with van der Waals surface area (Å²) in [5.41, 5.74) is 3.85. The molecule has 128 valence electrons. The molecule has 0 fully saturated rings. The number of halogens is 2. The smallest absolute Gasteiger partial charge is 0.307 e. The number of fused-ring (bicyclic) bond motifs is 1. The lowest BCUT2D eigenvalue weighted by molar-refractivity contribution is 0.0929. The molecule has 3 aromatic rings.